The fourth-order valence-corrected chi connectivity index (χ4v) is 5.85. The first-order valence-corrected chi connectivity index (χ1v) is 11.7. The summed E-state index contributed by atoms with van der Waals surface area (Å²) in [6.45, 7) is 2.81. The Morgan fingerprint density at radius 1 is 1.19 bits per heavy atom. The van der Waals surface area contributed by atoms with E-state index in [-0.39, 0.29) is 25.3 Å². The van der Waals surface area contributed by atoms with Gasteiger partial charge in [0.2, 0.25) is 10.0 Å². The number of alkyl halides is 3. The standard InChI is InChI=1S/C20H24F3N5O3S/c1-12-26-18-11-28(32(29,30)16-2-4-31-5-3-16)10-17(18)19(27-12)25-9-13-6-14(20(21,22)23)8-15(24)7-13/h6-8,16H,2-5,9-11,24H2,1H3,(H,25,26,27). The lowest BCUT2D eigenvalue weighted by Gasteiger charge is -2.26. The molecule has 0 saturated carbocycles. The van der Waals surface area contributed by atoms with Gasteiger partial charge in [-0.1, -0.05) is 0 Å². The number of hydrogen-bond donors (Lipinski definition) is 2. The molecule has 3 N–H and O–H groups in total. The molecule has 3 heterocycles. The maximum atomic E-state index is 13.1. The highest BCUT2D eigenvalue weighted by atomic mass is 32.2. The number of nitrogen functional groups attached to an aromatic ring is 1. The van der Waals surface area contributed by atoms with Crippen LogP contribution in [-0.2, 0) is 40.6 Å². The Morgan fingerprint density at radius 3 is 2.59 bits per heavy atom. The van der Waals surface area contributed by atoms with Crippen molar-refractivity contribution in [1.82, 2.24) is 14.3 Å². The fourth-order valence-electron chi connectivity index (χ4n) is 4.03. The third-order valence-corrected chi connectivity index (χ3v) is 7.91. The number of ether oxygens (including phenoxy) is 1. The van der Waals surface area contributed by atoms with E-state index in [9.17, 15) is 21.6 Å². The van der Waals surface area contributed by atoms with Crippen molar-refractivity contribution in [2.75, 3.05) is 24.3 Å². The normalized spacial score (nSPS) is 18.0. The van der Waals surface area contributed by atoms with Crippen molar-refractivity contribution in [1.29, 1.82) is 0 Å². The van der Waals surface area contributed by atoms with Crippen LogP contribution < -0.4 is 11.1 Å². The summed E-state index contributed by atoms with van der Waals surface area (Å²) in [7, 11) is -3.54. The Labute approximate surface area is 184 Å². The van der Waals surface area contributed by atoms with Gasteiger partial charge < -0.3 is 15.8 Å². The molecule has 1 fully saturated rings. The Kier molecular flexibility index (Phi) is 6.03. The van der Waals surface area contributed by atoms with Crippen LogP contribution in [0.4, 0.5) is 24.7 Å². The zero-order chi connectivity index (χ0) is 23.1. The number of halogens is 3. The molecule has 174 valence electrons. The summed E-state index contributed by atoms with van der Waals surface area (Å²) < 4.78 is 72.1. The summed E-state index contributed by atoms with van der Waals surface area (Å²) in [4.78, 5) is 8.75. The lowest BCUT2D eigenvalue weighted by atomic mass is 10.1. The van der Waals surface area contributed by atoms with Crippen molar-refractivity contribution in [2.24, 2.45) is 0 Å². The number of rotatable bonds is 5. The van der Waals surface area contributed by atoms with E-state index in [0.29, 0.717) is 54.5 Å². The molecule has 12 heteroatoms. The number of aromatic nitrogens is 2. The highest BCUT2D eigenvalue weighted by Gasteiger charge is 2.38. The number of benzene rings is 1. The van der Waals surface area contributed by atoms with Gasteiger partial charge in [0.05, 0.1) is 23.1 Å². The molecule has 0 atom stereocenters. The first kappa shape index (κ1) is 22.7. The molecule has 2 aliphatic heterocycles. The molecule has 2 aliphatic rings. The summed E-state index contributed by atoms with van der Waals surface area (Å²) >= 11 is 0. The van der Waals surface area contributed by atoms with Crippen LogP contribution in [0.1, 0.15) is 41.1 Å². The second-order valence-corrected chi connectivity index (χ2v) is 10.2. The van der Waals surface area contributed by atoms with Crippen LogP contribution in [0.25, 0.3) is 0 Å². The molecule has 0 aliphatic carbocycles. The number of sulfonamides is 1. The van der Waals surface area contributed by atoms with Gasteiger partial charge in [-0.05, 0) is 43.5 Å². The van der Waals surface area contributed by atoms with Gasteiger partial charge in [-0.15, -0.1) is 0 Å². The molecule has 32 heavy (non-hydrogen) atoms. The van der Waals surface area contributed by atoms with Crippen molar-refractivity contribution >= 4 is 21.5 Å². The van der Waals surface area contributed by atoms with E-state index in [0.717, 1.165) is 12.1 Å². The van der Waals surface area contributed by atoms with E-state index in [2.05, 4.69) is 15.3 Å². The highest BCUT2D eigenvalue weighted by molar-refractivity contribution is 7.89. The van der Waals surface area contributed by atoms with Gasteiger partial charge in [0.1, 0.15) is 11.6 Å². The quantitative estimate of drug-likeness (QED) is 0.645. The molecular weight excluding hydrogens is 447 g/mol. The molecule has 0 bridgehead atoms. The topological polar surface area (TPSA) is 110 Å². The molecule has 0 amide bonds. The minimum atomic E-state index is -4.50. The molecule has 4 rings (SSSR count). The minimum Gasteiger partial charge on any atom is -0.399 e. The molecule has 0 unspecified atom stereocenters. The predicted molar refractivity (Wildman–Crippen MR) is 112 cm³/mol. The van der Waals surface area contributed by atoms with Gasteiger partial charge >= 0.3 is 6.18 Å². The number of hydrogen-bond acceptors (Lipinski definition) is 7. The summed E-state index contributed by atoms with van der Waals surface area (Å²) in [5, 5.41) is 2.55. The Balaban J connectivity index is 1.55. The molecule has 2 aromatic rings. The maximum absolute atomic E-state index is 13.1. The second kappa shape index (κ2) is 8.49. The summed E-state index contributed by atoms with van der Waals surface area (Å²) in [6, 6.07) is 3.37. The molecule has 1 aromatic heterocycles. The first-order valence-electron chi connectivity index (χ1n) is 10.2. The maximum Gasteiger partial charge on any atom is 0.416 e. The molecular formula is C20H24F3N5O3S. The number of nitrogens with two attached hydrogens (primary N) is 1. The lowest BCUT2D eigenvalue weighted by Crippen LogP contribution is -2.38. The number of nitrogens with one attached hydrogen (secondary N) is 1. The Bertz CT molecular complexity index is 1120. The van der Waals surface area contributed by atoms with Crippen LogP contribution in [0.3, 0.4) is 0 Å². The smallest absolute Gasteiger partial charge is 0.399 e. The van der Waals surface area contributed by atoms with E-state index in [1.165, 1.54) is 10.4 Å². The number of aryl methyl sites for hydroxylation is 1. The predicted octanol–water partition coefficient (Wildman–Crippen LogP) is 2.82. The second-order valence-electron chi connectivity index (χ2n) is 7.98. The summed E-state index contributed by atoms with van der Waals surface area (Å²) in [5.74, 6) is 0.855. The van der Waals surface area contributed by atoms with Crippen LogP contribution in [-0.4, -0.2) is 41.2 Å². The summed E-state index contributed by atoms with van der Waals surface area (Å²) in [5.41, 5.74) is 6.39. The van der Waals surface area contributed by atoms with Gasteiger partial charge in [0.15, 0.2) is 0 Å². The van der Waals surface area contributed by atoms with E-state index in [1.807, 2.05) is 0 Å². The van der Waals surface area contributed by atoms with Crippen molar-refractivity contribution in [3.05, 3.63) is 46.4 Å². The zero-order valence-electron chi connectivity index (χ0n) is 17.4. The summed E-state index contributed by atoms with van der Waals surface area (Å²) in [6.07, 6.45) is -3.61. The van der Waals surface area contributed by atoms with Crippen molar-refractivity contribution in [2.45, 2.75) is 50.8 Å². The van der Waals surface area contributed by atoms with Crippen LogP contribution in [0.15, 0.2) is 18.2 Å². The average molecular weight is 472 g/mol. The molecule has 1 aromatic carbocycles. The number of nitrogens with zero attached hydrogens (tertiary/aromatic N) is 3. The highest BCUT2D eigenvalue weighted by Crippen LogP contribution is 2.34. The molecule has 0 spiro atoms. The molecule has 1 saturated heterocycles. The first-order chi connectivity index (χ1) is 15.0. The third kappa shape index (κ3) is 4.66. The SMILES string of the molecule is Cc1nc2c(c(NCc3cc(N)cc(C(F)(F)F)c3)n1)CN(S(=O)(=O)C1CCOCC1)C2. The minimum absolute atomic E-state index is 0.00875. The van der Waals surface area contributed by atoms with Gasteiger partial charge in [0, 0.05) is 37.6 Å². The van der Waals surface area contributed by atoms with Gasteiger partial charge in [0.25, 0.3) is 0 Å². The van der Waals surface area contributed by atoms with Crippen LogP contribution >= 0.6 is 0 Å². The van der Waals surface area contributed by atoms with E-state index in [1.54, 1.807) is 6.92 Å². The molecule has 0 radical (unpaired) electrons. The van der Waals surface area contributed by atoms with Crippen LogP contribution in [0, 0.1) is 6.92 Å². The third-order valence-electron chi connectivity index (χ3n) is 5.62. The van der Waals surface area contributed by atoms with E-state index in [4.69, 9.17) is 10.5 Å². The van der Waals surface area contributed by atoms with Crippen LogP contribution in [0.5, 0.6) is 0 Å². The van der Waals surface area contributed by atoms with Gasteiger partial charge in [-0.25, -0.2) is 18.4 Å². The Hall–Kier alpha value is -2.44. The van der Waals surface area contributed by atoms with Crippen molar-refractivity contribution in [3.63, 3.8) is 0 Å². The van der Waals surface area contributed by atoms with Gasteiger partial charge in [-0.3, -0.25) is 0 Å². The number of anilines is 2. The van der Waals surface area contributed by atoms with Gasteiger partial charge in [-0.2, -0.15) is 17.5 Å². The van der Waals surface area contributed by atoms with E-state index < -0.39 is 27.0 Å². The van der Waals surface area contributed by atoms with Crippen LogP contribution in [0.2, 0.25) is 0 Å². The van der Waals surface area contributed by atoms with E-state index >= 15 is 0 Å². The fraction of sp³-hybridized carbons (Fsp3) is 0.500. The number of fused-ring (bicyclic) bond motifs is 1. The Morgan fingerprint density at radius 2 is 1.91 bits per heavy atom. The average Bonchev–Trinajstić information content (AvgIpc) is 3.16. The largest absolute Gasteiger partial charge is 0.416 e. The monoisotopic (exact) mass is 471 g/mol. The van der Waals surface area contributed by atoms with Crippen molar-refractivity contribution < 1.29 is 26.3 Å². The zero-order valence-corrected chi connectivity index (χ0v) is 18.3. The molecule has 8 nitrogen and oxygen atoms in total. The lowest BCUT2D eigenvalue weighted by molar-refractivity contribution is -0.137. The van der Waals surface area contributed by atoms with Crippen molar-refractivity contribution in [3.8, 4) is 0 Å².